The van der Waals surface area contributed by atoms with Crippen LogP contribution in [0.2, 0.25) is 10.0 Å². The number of furan rings is 1. The van der Waals surface area contributed by atoms with Crippen LogP contribution in [0.5, 0.6) is 5.75 Å². The predicted octanol–water partition coefficient (Wildman–Crippen LogP) is 5.37. The molecule has 0 radical (unpaired) electrons. The molecular formula is C22H18Cl2N4O3. The number of rotatable bonds is 7. The molecule has 1 N–H and O–H groups in total. The molecule has 9 heteroatoms. The maximum atomic E-state index is 12.4. The molecule has 4 aromatic rings. The first-order chi connectivity index (χ1) is 15.0. The van der Waals surface area contributed by atoms with E-state index in [2.05, 4.69) is 15.4 Å². The SMILES string of the molecule is Cc1ccccc1OCc1ccc(C(=O)Nc2ncn(Cc3ccc(Cl)cc3Cl)n2)o1. The van der Waals surface area contributed by atoms with E-state index in [1.807, 2.05) is 37.3 Å². The Bertz CT molecular complexity index is 1220. The van der Waals surface area contributed by atoms with Crippen molar-refractivity contribution in [2.45, 2.75) is 20.1 Å². The number of carbonyl (C=O) groups excluding carboxylic acids is 1. The minimum Gasteiger partial charge on any atom is -0.485 e. The van der Waals surface area contributed by atoms with Gasteiger partial charge < -0.3 is 9.15 Å². The second-order valence-corrected chi connectivity index (χ2v) is 7.62. The maximum Gasteiger partial charge on any atom is 0.293 e. The average Bonchev–Trinajstić information content (AvgIpc) is 3.39. The average molecular weight is 457 g/mol. The first-order valence-corrected chi connectivity index (χ1v) is 10.2. The van der Waals surface area contributed by atoms with Gasteiger partial charge in [0.2, 0.25) is 5.95 Å². The molecule has 0 bridgehead atoms. The Labute approximate surface area is 188 Å². The lowest BCUT2D eigenvalue weighted by Crippen LogP contribution is -2.12. The molecule has 0 aliphatic rings. The van der Waals surface area contributed by atoms with Crippen LogP contribution < -0.4 is 10.1 Å². The topological polar surface area (TPSA) is 82.2 Å². The van der Waals surface area contributed by atoms with Crippen LogP contribution in [0, 0.1) is 6.92 Å². The van der Waals surface area contributed by atoms with Crippen molar-refractivity contribution in [2.75, 3.05) is 5.32 Å². The largest absolute Gasteiger partial charge is 0.485 e. The normalized spacial score (nSPS) is 10.8. The van der Waals surface area contributed by atoms with Gasteiger partial charge in [-0.15, -0.1) is 5.10 Å². The number of benzene rings is 2. The summed E-state index contributed by atoms with van der Waals surface area (Å²) in [6.45, 7) is 2.57. The quantitative estimate of drug-likeness (QED) is 0.404. The van der Waals surface area contributed by atoms with Gasteiger partial charge in [0, 0.05) is 10.0 Å². The molecule has 0 saturated heterocycles. The molecule has 7 nitrogen and oxygen atoms in total. The van der Waals surface area contributed by atoms with Crippen LogP contribution in [-0.4, -0.2) is 20.7 Å². The minimum atomic E-state index is -0.454. The van der Waals surface area contributed by atoms with Gasteiger partial charge in [0.1, 0.15) is 24.4 Å². The van der Waals surface area contributed by atoms with Gasteiger partial charge in [-0.25, -0.2) is 9.67 Å². The van der Waals surface area contributed by atoms with Crippen LogP contribution in [0.3, 0.4) is 0 Å². The van der Waals surface area contributed by atoms with Crippen LogP contribution in [0.25, 0.3) is 0 Å². The van der Waals surface area contributed by atoms with Crippen LogP contribution in [0.1, 0.15) is 27.4 Å². The summed E-state index contributed by atoms with van der Waals surface area (Å²) in [5.74, 6) is 1.14. The van der Waals surface area contributed by atoms with E-state index in [1.165, 1.54) is 6.33 Å². The van der Waals surface area contributed by atoms with Crippen molar-refractivity contribution in [2.24, 2.45) is 0 Å². The van der Waals surface area contributed by atoms with Crippen LogP contribution in [-0.2, 0) is 13.2 Å². The van der Waals surface area contributed by atoms with Gasteiger partial charge in [-0.1, -0.05) is 47.5 Å². The number of aromatic nitrogens is 3. The first-order valence-electron chi connectivity index (χ1n) is 9.40. The van der Waals surface area contributed by atoms with Gasteiger partial charge in [0.15, 0.2) is 5.76 Å². The minimum absolute atomic E-state index is 0.139. The number of carbonyl (C=O) groups is 1. The van der Waals surface area contributed by atoms with E-state index in [0.717, 1.165) is 16.9 Å². The molecule has 0 atom stereocenters. The van der Waals surface area contributed by atoms with E-state index in [4.69, 9.17) is 32.4 Å². The number of halogens is 2. The Morgan fingerprint density at radius 3 is 2.81 bits per heavy atom. The maximum absolute atomic E-state index is 12.4. The third-order valence-corrected chi connectivity index (χ3v) is 5.05. The second kappa shape index (κ2) is 9.24. The molecule has 4 rings (SSSR count). The Kier molecular flexibility index (Phi) is 6.25. The molecule has 0 spiro atoms. The van der Waals surface area contributed by atoms with Gasteiger partial charge in [-0.3, -0.25) is 10.1 Å². The van der Waals surface area contributed by atoms with E-state index in [-0.39, 0.29) is 18.3 Å². The number of hydrogen-bond acceptors (Lipinski definition) is 5. The summed E-state index contributed by atoms with van der Waals surface area (Å²) in [7, 11) is 0. The molecule has 31 heavy (non-hydrogen) atoms. The van der Waals surface area contributed by atoms with E-state index in [0.29, 0.717) is 22.4 Å². The number of anilines is 1. The number of nitrogens with zero attached hydrogens (tertiary/aromatic N) is 3. The highest BCUT2D eigenvalue weighted by molar-refractivity contribution is 6.35. The van der Waals surface area contributed by atoms with Crippen molar-refractivity contribution < 1.29 is 13.9 Å². The Balaban J connectivity index is 1.35. The van der Waals surface area contributed by atoms with Gasteiger partial charge in [-0.2, -0.15) is 0 Å². The summed E-state index contributed by atoms with van der Waals surface area (Å²) in [4.78, 5) is 16.5. The molecule has 158 valence electrons. The van der Waals surface area contributed by atoms with Crippen molar-refractivity contribution in [3.63, 3.8) is 0 Å². The summed E-state index contributed by atoms with van der Waals surface area (Å²) < 4.78 is 12.9. The smallest absolute Gasteiger partial charge is 0.293 e. The first kappa shape index (κ1) is 21.0. The molecule has 0 unspecified atom stereocenters. The molecule has 2 aromatic carbocycles. The van der Waals surface area contributed by atoms with Gasteiger partial charge in [0.25, 0.3) is 5.91 Å². The molecule has 0 aliphatic heterocycles. The molecular weight excluding hydrogens is 439 g/mol. The number of aryl methyl sites for hydroxylation is 1. The standard InChI is InChI=1S/C22H18Cl2N4O3/c1-14-4-2-3-5-19(14)30-12-17-8-9-20(31-17)21(29)26-22-25-13-28(27-22)11-15-6-7-16(23)10-18(15)24/h2-10,13H,11-12H2,1H3,(H,26,27,29). The van der Waals surface area contributed by atoms with Crippen molar-refractivity contribution in [1.29, 1.82) is 0 Å². The zero-order chi connectivity index (χ0) is 21.8. The number of para-hydroxylation sites is 1. The second-order valence-electron chi connectivity index (χ2n) is 6.78. The summed E-state index contributed by atoms with van der Waals surface area (Å²) in [6, 6.07) is 16.2. The van der Waals surface area contributed by atoms with E-state index >= 15 is 0 Å². The molecule has 1 amide bonds. The number of nitrogens with one attached hydrogen (secondary N) is 1. The number of ether oxygens (including phenoxy) is 1. The fourth-order valence-electron chi connectivity index (χ4n) is 2.86. The molecule has 2 heterocycles. The highest BCUT2D eigenvalue weighted by Gasteiger charge is 2.14. The summed E-state index contributed by atoms with van der Waals surface area (Å²) >= 11 is 12.1. The highest BCUT2D eigenvalue weighted by Crippen LogP contribution is 2.22. The van der Waals surface area contributed by atoms with Crippen molar-refractivity contribution >= 4 is 35.1 Å². The molecule has 0 fully saturated rings. The predicted molar refractivity (Wildman–Crippen MR) is 118 cm³/mol. The Morgan fingerprint density at radius 1 is 1.16 bits per heavy atom. The van der Waals surface area contributed by atoms with E-state index in [9.17, 15) is 4.79 Å². The summed E-state index contributed by atoms with van der Waals surface area (Å²) in [5.41, 5.74) is 1.85. The van der Waals surface area contributed by atoms with Crippen molar-refractivity contribution in [1.82, 2.24) is 14.8 Å². The Morgan fingerprint density at radius 2 is 2.00 bits per heavy atom. The summed E-state index contributed by atoms with van der Waals surface area (Å²) in [5, 5.41) is 7.95. The third-order valence-electron chi connectivity index (χ3n) is 4.46. The Hall–Kier alpha value is -3.29. The van der Waals surface area contributed by atoms with Crippen molar-refractivity contribution in [3.05, 3.63) is 93.6 Å². The van der Waals surface area contributed by atoms with Gasteiger partial charge in [-0.05, 0) is 48.4 Å². The van der Waals surface area contributed by atoms with Crippen LogP contribution >= 0.6 is 23.2 Å². The molecule has 0 aliphatic carbocycles. The lowest BCUT2D eigenvalue weighted by Gasteiger charge is -2.06. The third kappa shape index (κ3) is 5.25. The fraction of sp³-hybridized carbons (Fsp3) is 0.136. The number of amides is 1. The monoisotopic (exact) mass is 456 g/mol. The van der Waals surface area contributed by atoms with Gasteiger partial charge >= 0.3 is 0 Å². The van der Waals surface area contributed by atoms with E-state index in [1.54, 1.807) is 28.9 Å². The van der Waals surface area contributed by atoms with Crippen molar-refractivity contribution in [3.8, 4) is 5.75 Å². The lowest BCUT2D eigenvalue weighted by molar-refractivity contribution is 0.0991. The molecule has 0 saturated carbocycles. The zero-order valence-corrected chi connectivity index (χ0v) is 18.0. The van der Waals surface area contributed by atoms with Crippen LogP contribution in [0.4, 0.5) is 5.95 Å². The van der Waals surface area contributed by atoms with E-state index < -0.39 is 5.91 Å². The highest BCUT2D eigenvalue weighted by atomic mass is 35.5. The summed E-state index contributed by atoms with van der Waals surface area (Å²) in [6.07, 6.45) is 1.50. The molecule has 2 aromatic heterocycles. The lowest BCUT2D eigenvalue weighted by atomic mass is 10.2. The number of hydrogen-bond donors (Lipinski definition) is 1. The van der Waals surface area contributed by atoms with Crippen LogP contribution in [0.15, 0.2) is 65.3 Å². The zero-order valence-electron chi connectivity index (χ0n) is 16.5. The fourth-order valence-corrected chi connectivity index (χ4v) is 3.33. The van der Waals surface area contributed by atoms with Gasteiger partial charge in [0.05, 0.1) is 6.54 Å².